The van der Waals surface area contributed by atoms with E-state index in [1.165, 1.54) is 16.2 Å². The second-order valence-corrected chi connectivity index (χ2v) is 8.12. The van der Waals surface area contributed by atoms with Crippen molar-refractivity contribution in [2.75, 3.05) is 0 Å². The van der Waals surface area contributed by atoms with Crippen molar-refractivity contribution in [2.45, 2.75) is 69.7 Å². The summed E-state index contributed by atoms with van der Waals surface area (Å²) in [5, 5.41) is 6.26. The zero-order valence-electron chi connectivity index (χ0n) is 13.5. The van der Waals surface area contributed by atoms with Gasteiger partial charge in [0, 0.05) is 29.7 Å². The van der Waals surface area contributed by atoms with E-state index in [0.29, 0.717) is 18.6 Å². The van der Waals surface area contributed by atoms with Gasteiger partial charge >= 0.3 is 6.03 Å². The fourth-order valence-electron chi connectivity index (χ4n) is 4.57. The molecule has 1 aromatic rings. The van der Waals surface area contributed by atoms with E-state index in [2.05, 4.69) is 10.3 Å². The van der Waals surface area contributed by atoms with Gasteiger partial charge in [-0.15, -0.1) is 11.3 Å². The fraction of sp³-hybridized carbons (Fsp3) is 0.688. The number of fused-ring (bicyclic) bond motifs is 2. The van der Waals surface area contributed by atoms with Crippen LogP contribution in [-0.2, 0) is 11.3 Å². The maximum absolute atomic E-state index is 13.3. The van der Waals surface area contributed by atoms with Crippen molar-refractivity contribution in [1.82, 2.24) is 20.1 Å². The third-order valence-corrected chi connectivity index (χ3v) is 6.10. The fourth-order valence-corrected chi connectivity index (χ4v) is 5.17. The summed E-state index contributed by atoms with van der Waals surface area (Å²) in [6, 6.07) is 0.574. The summed E-state index contributed by atoms with van der Waals surface area (Å²) in [5.74, 6) is -0.0233. The maximum Gasteiger partial charge on any atom is 0.328 e. The molecule has 2 atom stereocenters. The van der Waals surface area contributed by atoms with Crippen LogP contribution in [0.2, 0.25) is 0 Å². The topological polar surface area (TPSA) is 65.5 Å². The molecule has 0 radical (unpaired) electrons. The number of thiazole rings is 1. The Morgan fingerprint density at radius 1 is 1.35 bits per heavy atom. The number of nitrogens with one attached hydrogen (secondary N) is 1. The molecule has 7 heteroatoms. The number of rotatable bonds is 3. The quantitative estimate of drug-likeness (QED) is 0.858. The van der Waals surface area contributed by atoms with Crippen molar-refractivity contribution in [3.63, 3.8) is 0 Å². The van der Waals surface area contributed by atoms with Gasteiger partial charge in [-0.05, 0) is 39.5 Å². The Bertz CT molecular complexity index is 618. The van der Waals surface area contributed by atoms with E-state index >= 15 is 0 Å². The maximum atomic E-state index is 13.3. The van der Waals surface area contributed by atoms with Crippen LogP contribution in [0.15, 0.2) is 11.6 Å². The van der Waals surface area contributed by atoms with Crippen molar-refractivity contribution in [3.05, 3.63) is 16.6 Å². The van der Waals surface area contributed by atoms with E-state index in [1.807, 2.05) is 24.1 Å². The Hall–Kier alpha value is -1.47. The number of hydrogen-bond donors (Lipinski definition) is 1. The molecule has 124 valence electrons. The molecule has 0 aromatic carbocycles. The predicted octanol–water partition coefficient (Wildman–Crippen LogP) is 1.97. The van der Waals surface area contributed by atoms with Gasteiger partial charge in [-0.25, -0.2) is 9.78 Å². The van der Waals surface area contributed by atoms with Gasteiger partial charge in [-0.3, -0.25) is 9.69 Å². The highest BCUT2D eigenvalue weighted by Crippen LogP contribution is 2.44. The molecule has 3 fully saturated rings. The summed E-state index contributed by atoms with van der Waals surface area (Å²) < 4.78 is 0. The lowest BCUT2D eigenvalue weighted by molar-refractivity contribution is -0.136. The summed E-state index contributed by atoms with van der Waals surface area (Å²) in [7, 11) is 0. The van der Waals surface area contributed by atoms with Crippen LogP contribution < -0.4 is 5.32 Å². The number of imide groups is 1. The van der Waals surface area contributed by atoms with Gasteiger partial charge in [0.15, 0.2) is 0 Å². The third kappa shape index (κ3) is 2.21. The summed E-state index contributed by atoms with van der Waals surface area (Å²) in [5.41, 5.74) is -0.653. The van der Waals surface area contributed by atoms with E-state index in [-0.39, 0.29) is 18.0 Å². The molecule has 6 nitrogen and oxygen atoms in total. The average molecular weight is 334 g/mol. The van der Waals surface area contributed by atoms with Crippen molar-refractivity contribution in [3.8, 4) is 0 Å². The van der Waals surface area contributed by atoms with Gasteiger partial charge in [0.25, 0.3) is 5.91 Å². The van der Waals surface area contributed by atoms with E-state index in [9.17, 15) is 9.59 Å². The number of carbonyl (C=O) groups is 2. The first-order valence-corrected chi connectivity index (χ1v) is 9.19. The van der Waals surface area contributed by atoms with Crippen molar-refractivity contribution in [1.29, 1.82) is 0 Å². The predicted molar refractivity (Wildman–Crippen MR) is 86.9 cm³/mol. The van der Waals surface area contributed by atoms with Crippen LogP contribution in [0, 0.1) is 0 Å². The molecule has 3 amide bonds. The molecule has 4 heterocycles. The molecule has 3 aliphatic rings. The molecular formula is C16H22N4O2S. The van der Waals surface area contributed by atoms with Gasteiger partial charge in [-0.2, -0.15) is 0 Å². The van der Waals surface area contributed by atoms with Gasteiger partial charge in [0.1, 0.15) is 10.5 Å². The number of amides is 3. The van der Waals surface area contributed by atoms with Crippen LogP contribution in [0.4, 0.5) is 4.79 Å². The molecular weight excluding hydrogens is 312 g/mol. The van der Waals surface area contributed by atoms with Gasteiger partial charge in [0.2, 0.25) is 0 Å². The zero-order chi connectivity index (χ0) is 16.2. The highest BCUT2D eigenvalue weighted by Gasteiger charge is 2.61. The van der Waals surface area contributed by atoms with Gasteiger partial charge in [0.05, 0.1) is 6.54 Å². The van der Waals surface area contributed by atoms with Gasteiger partial charge in [-0.1, -0.05) is 0 Å². The molecule has 0 saturated carbocycles. The first-order valence-electron chi connectivity index (χ1n) is 8.31. The monoisotopic (exact) mass is 334 g/mol. The number of aromatic nitrogens is 1. The molecule has 1 spiro atoms. The number of urea groups is 1. The zero-order valence-corrected chi connectivity index (χ0v) is 14.3. The van der Waals surface area contributed by atoms with E-state index in [0.717, 1.165) is 30.7 Å². The number of nitrogens with zero attached hydrogens (tertiary/aromatic N) is 3. The minimum atomic E-state index is -0.653. The second kappa shape index (κ2) is 5.27. The van der Waals surface area contributed by atoms with Crippen LogP contribution in [0.5, 0.6) is 0 Å². The lowest BCUT2D eigenvalue weighted by Gasteiger charge is -2.43. The largest absolute Gasteiger partial charge is 0.328 e. The van der Waals surface area contributed by atoms with E-state index in [1.54, 1.807) is 6.20 Å². The van der Waals surface area contributed by atoms with Crippen molar-refractivity contribution < 1.29 is 9.59 Å². The standard InChI is InChI=1S/C16H22N4O2S/c1-10(2)20-15(22)19(9-13-17-5-6-23-13)14(21)16(20)7-11-3-4-12(8-16)18-11/h5-6,10-12,18H,3-4,7-9H2,1-2H3. The molecule has 1 N–H and O–H groups in total. The molecule has 1 aromatic heterocycles. The van der Waals surface area contributed by atoms with Crippen LogP contribution >= 0.6 is 11.3 Å². The van der Waals surface area contributed by atoms with Crippen molar-refractivity contribution >= 4 is 23.3 Å². The SMILES string of the molecule is CC(C)N1C(=O)N(Cc2nccs2)C(=O)C12CC1CCC(C2)N1. The van der Waals surface area contributed by atoms with Crippen LogP contribution in [0.1, 0.15) is 44.5 Å². The summed E-state index contributed by atoms with van der Waals surface area (Å²) in [4.78, 5) is 33.7. The molecule has 2 bridgehead atoms. The number of hydrogen-bond acceptors (Lipinski definition) is 5. The Morgan fingerprint density at radius 3 is 2.61 bits per heavy atom. The smallest absolute Gasteiger partial charge is 0.311 e. The average Bonchev–Trinajstić information content (AvgIpc) is 3.17. The molecule has 2 unspecified atom stereocenters. The van der Waals surface area contributed by atoms with Crippen LogP contribution in [-0.4, -0.2) is 50.4 Å². The summed E-state index contributed by atoms with van der Waals surface area (Å²) >= 11 is 1.48. The molecule has 0 aliphatic carbocycles. The highest BCUT2D eigenvalue weighted by atomic mass is 32.1. The lowest BCUT2D eigenvalue weighted by Crippen LogP contribution is -2.60. The Morgan fingerprint density at radius 2 is 2.04 bits per heavy atom. The van der Waals surface area contributed by atoms with Crippen LogP contribution in [0.3, 0.4) is 0 Å². The Labute approximate surface area is 139 Å². The molecule has 3 aliphatic heterocycles. The van der Waals surface area contributed by atoms with Crippen molar-refractivity contribution in [2.24, 2.45) is 0 Å². The number of carbonyl (C=O) groups excluding carboxylic acids is 2. The van der Waals surface area contributed by atoms with Gasteiger partial charge < -0.3 is 10.2 Å². The third-order valence-electron chi connectivity index (χ3n) is 5.34. The number of piperidine rings is 1. The first kappa shape index (κ1) is 15.1. The highest BCUT2D eigenvalue weighted by molar-refractivity contribution is 7.09. The molecule has 4 rings (SSSR count). The summed E-state index contributed by atoms with van der Waals surface area (Å²) in [6.07, 6.45) is 5.39. The molecule has 3 saturated heterocycles. The normalized spacial score (nSPS) is 33.5. The Balaban J connectivity index is 1.69. The minimum Gasteiger partial charge on any atom is -0.311 e. The first-order chi connectivity index (χ1) is 11.0. The van der Waals surface area contributed by atoms with Crippen LogP contribution in [0.25, 0.3) is 0 Å². The second-order valence-electron chi connectivity index (χ2n) is 7.14. The molecule has 23 heavy (non-hydrogen) atoms. The lowest BCUT2D eigenvalue weighted by atomic mass is 9.82. The van der Waals surface area contributed by atoms with E-state index < -0.39 is 5.54 Å². The minimum absolute atomic E-state index is 0.0187. The van der Waals surface area contributed by atoms with E-state index in [4.69, 9.17) is 0 Å². The summed E-state index contributed by atoms with van der Waals surface area (Å²) in [6.45, 7) is 4.30. The Kier molecular flexibility index (Phi) is 3.46.